The minimum Gasteiger partial charge on any atom is -0.507 e. The molecular formula is C27H36N4O7. The maximum atomic E-state index is 13.4. The molecule has 206 valence electrons. The Kier molecular flexibility index (Phi) is 9.13. The molecule has 0 spiro atoms. The number of amides is 3. The van der Waals surface area contributed by atoms with E-state index in [0.717, 1.165) is 5.56 Å². The third kappa shape index (κ3) is 7.56. The second-order valence-electron chi connectivity index (χ2n) is 10.2. The summed E-state index contributed by atoms with van der Waals surface area (Å²) in [5.41, 5.74) is 0.618. The third-order valence-corrected chi connectivity index (χ3v) is 5.95. The smallest absolute Gasteiger partial charge is 0.409 e. The van der Waals surface area contributed by atoms with E-state index in [1.165, 1.54) is 11.0 Å². The summed E-state index contributed by atoms with van der Waals surface area (Å²) < 4.78 is 10.4. The number of hydrogen-bond donors (Lipinski definition) is 2. The van der Waals surface area contributed by atoms with Gasteiger partial charge < -0.3 is 29.7 Å². The lowest BCUT2D eigenvalue weighted by atomic mass is 10.1. The Bertz CT molecular complexity index is 1200. The fraction of sp³-hybridized carbons (Fsp3) is 0.519. The third-order valence-electron chi connectivity index (χ3n) is 5.95. The Hall–Kier alpha value is -3.89. The van der Waals surface area contributed by atoms with Gasteiger partial charge in [-0.05, 0) is 58.7 Å². The number of aromatic nitrogens is 1. The van der Waals surface area contributed by atoms with E-state index < -0.39 is 29.6 Å². The lowest BCUT2D eigenvalue weighted by Crippen LogP contribution is -2.56. The van der Waals surface area contributed by atoms with Gasteiger partial charge in [-0.3, -0.25) is 14.4 Å². The molecule has 0 saturated carbocycles. The molecule has 2 heterocycles. The minimum absolute atomic E-state index is 0.0102. The molecule has 0 radical (unpaired) electrons. The van der Waals surface area contributed by atoms with Crippen LogP contribution in [0.3, 0.4) is 0 Å². The predicted octanol–water partition coefficient (Wildman–Crippen LogP) is 2.77. The van der Waals surface area contributed by atoms with Crippen LogP contribution in [-0.2, 0) is 19.1 Å². The number of rotatable bonds is 7. The molecule has 1 aromatic carbocycles. The van der Waals surface area contributed by atoms with Crippen LogP contribution in [-0.4, -0.2) is 88.2 Å². The predicted molar refractivity (Wildman–Crippen MR) is 140 cm³/mol. The number of piperazine rings is 1. The number of ether oxygens (including phenoxy) is 2. The average molecular weight is 529 g/mol. The zero-order valence-electron chi connectivity index (χ0n) is 22.6. The van der Waals surface area contributed by atoms with Gasteiger partial charge in [0.2, 0.25) is 5.91 Å². The van der Waals surface area contributed by atoms with Crippen molar-refractivity contribution in [2.45, 2.75) is 59.1 Å². The van der Waals surface area contributed by atoms with Gasteiger partial charge in [0, 0.05) is 44.1 Å². The average Bonchev–Trinajstić information content (AvgIpc) is 2.84. The molecule has 0 aliphatic carbocycles. The highest BCUT2D eigenvalue weighted by Gasteiger charge is 2.32. The van der Waals surface area contributed by atoms with E-state index in [4.69, 9.17) is 9.47 Å². The SMILES string of the molecule is CCOC(=O)N1CCN(C(=O)[C@H](CCC(=O)OC(C)(C)C)NC(=O)c2cc(O)c3ccc(C)cc3n2)CC1. The summed E-state index contributed by atoms with van der Waals surface area (Å²) in [5.74, 6) is -1.64. The number of benzene rings is 1. The Morgan fingerprint density at radius 1 is 1.08 bits per heavy atom. The van der Waals surface area contributed by atoms with Crippen molar-refractivity contribution in [3.63, 3.8) is 0 Å². The number of pyridine rings is 1. The zero-order valence-corrected chi connectivity index (χ0v) is 22.6. The first-order valence-corrected chi connectivity index (χ1v) is 12.7. The second kappa shape index (κ2) is 12.1. The standard InChI is InChI=1S/C27H36N4O7/c1-6-37-26(36)31-13-11-30(12-14-31)25(35)19(9-10-23(33)38-27(3,4)5)29-24(34)21-16-22(32)18-8-7-17(2)15-20(18)28-21/h7-8,15-16,19H,6,9-14H2,1-5H3,(H,28,32)(H,29,34)/t19-/m0/s1. The van der Waals surface area contributed by atoms with Gasteiger partial charge >= 0.3 is 12.1 Å². The van der Waals surface area contributed by atoms with E-state index in [0.29, 0.717) is 10.9 Å². The van der Waals surface area contributed by atoms with Crippen molar-refractivity contribution in [1.29, 1.82) is 0 Å². The lowest BCUT2D eigenvalue weighted by Gasteiger charge is -2.36. The molecule has 1 atom stereocenters. The van der Waals surface area contributed by atoms with Crippen LogP contribution in [0.25, 0.3) is 10.9 Å². The van der Waals surface area contributed by atoms with Crippen LogP contribution in [0.15, 0.2) is 24.3 Å². The molecule has 38 heavy (non-hydrogen) atoms. The Balaban J connectivity index is 1.77. The molecule has 11 heteroatoms. The summed E-state index contributed by atoms with van der Waals surface area (Å²) in [5, 5.41) is 13.6. The maximum Gasteiger partial charge on any atom is 0.409 e. The van der Waals surface area contributed by atoms with Gasteiger partial charge in [-0.2, -0.15) is 0 Å². The van der Waals surface area contributed by atoms with Crippen LogP contribution in [0.1, 0.15) is 56.6 Å². The monoisotopic (exact) mass is 528 g/mol. The minimum atomic E-state index is -1.04. The van der Waals surface area contributed by atoms with Crippen LogP contribution in [0.4, 0.5) is 4.79 Å². The molecule has 1 fully saturated rings. The molecule has 11 nitrogen and oxygen atoms in total. The maximum absolute atomic E-state index is 13.4. The van der Waals surface area contributed by atoms with Crippen LogP contribution < -0.4 is 5.32 Å². The first-order chi connectivity index (χ1) is 17.9. The van der Waals surface area contributed by atoms with Crippen LogP contribution in [0.5, 0.6) is 5.75 Å². The Labute approximate surface area is 222 Å². The molecule has 1 aromatic heterocycles. The van der Waals surface area contributed by atoms with E-state index in [-0.39, 0.29) is 63.0 Å². The highest BCUT2D eigenvalue weighted by Crippen LogP contribution is 2.25. The van der Waals surface area contributed by atoms with Gasteiger partial charge in [0.1, 0.15) is 23.1 Å². The highest BCUT2D eigenvalue weighted by molar-refractivity contribution is 5.99. The summed E-state index contributed by atoms with van der Waals surface area (Å²) in [4.78, 5) is 58.4. The van der Waals surface area contributed by atoms with E-state index in [1.807, 2.05) is 13.0 Å². The number of aryl methyl sites for hydroxylation is 1. The molecule has 3 rings (SSSR count). The summed E-state index contributed by atoms with van der Waals surface area (Å²) in [6.07, 6.45) is -0.519. The van der Waals surface area contributed by atoms with Crippen molar-refractivity contribution >= 4 is 34.8 Å². The normalized spacial score (nSPS) is 14.7. The van der Waals surface area contributed by atoms with E-state index in [9.17, 15) is 24.3 Å². The summed E-state index contributed by atoms with van der Waals surface area (Å²) >= 11 is 0. The number of nitrogens with zero attached hydrogens (tertiary/aromatic N) is 3. The van der Waals surface area contributed by atoms with E-state index in [1.54, 1.807) is 44.7 Å². The van der Waals surface area contributed by atoms with Gasteiger partial charge in [-0.1, -0.05) is 6.07 Å². The molecule has 1 aliphatic heterocycles. The molecule has 1 aliphatic rings. The molecule has 1 saturated heterocycles. The van der Waals surface area contributed by atoms with Crippen molar-refractivity contribution in [2.24, 2.45) is 0 Å². The first-order valence-electron chi connectivity index (χ1n) is 12.7. The van der Waals surface area contributed by atoms with Gasteiger partial charge in [0.15, 0.2) is 0 Å². The number of aromatic hydroxyl groups is 1. The number of nitrogens with one attached hydrogen (secondary N) is 1. The highest BCUT2D eigenvalue weighted by atomic mass is 16.6. The number of hydrogen-bond acceptors (Lipinski definition) is 8. The fourth-order valence-corrected chi connectivity index (χ4v) is 4.13. The van der Waals surface area contributed by atoms with Crippen LogP contribution >= 0.6 is 0 Å². The van der Waals surface area contributed by atoms with Crippen molar-refractivity contribution in [3.05, 3.63) is 35.5 Å². The van der Waals surface area contributed by atoms with Crippen LogP contribution in [0.2, 0.25) is 0 Å². The first kappa shape index (κ1) is 28.7. The van der Waals surface area contributed by atoms with E-state index in [2.05, 4.69) is 10.3 Å². The Morgan fingerprint density at radius 2 is 1.74 bits per heavy atom. The lowest BCUT2D eigenvalue weighted by molar-refractivity contribution is -0.155. The summed E-state index contributed by atoms with van der Waals surface area (Å²) in [6, 6.07) is 5.51. The quantitative estimate of drug-likeness (QED) is 0.523. The van der Waals surface area contributed by atoms with Crippen LogP contribution in [0, 0.1) is 6.92 Å². The molecular weight excluding hydrogens is 492 g/mol. The number of carbonyl (C=O) groups is 4. The number of fused-ring (bicyclic) bond motifs is 1. The zero-order chi connectivity index (χ0) is 28.0. The molecule has 0 bridgehead atoms. The van der Waals surface area contributed by atoms with Gasteiger partial charge in [0.05, 0.1) is 12.1 Å². The topological polar surface area (TPSA) is 138 Å². The van der Waals surface area contributed by atoms with Gasteiger partial charge in [0.25, 0.3) is 5.91 Å². The molecule has 2 N–H and O–H groups in total. The second-order valence-corrected chi connectivity index (χ2v) is 10.2. The number of carbonyl (C=O) groups excluding carboxylic acids is 4. The fourth-order valence-electron chi connectivity index (χ4n) is 4.13. The summed E-state index contributed by atoms with van der Waals surface area (Å²) in [6.45, 7) is 10.2. The van der Waals surface area contributed by atoms with Crippen molar-refractivity contribution in [3.8, 4) is 5.75 Å². The summed E-state index contributed by atoms with van der Waals surface area (Å²) in [7, 11) is 0. The van der Waals surface area contributed by atoms with Crippen molar-refractivity contribution < 1.29 is 33.8 Å². The molecule has 0 unspecified atom stereocenters. The van der Waals surface area contributed by atoms with Crippen molar-refractivity contribution in [1.82, 2.24) is 20.1 Å². The molecule has 2 aromatic rings. The van der Waals surface area contributed by atoms with E-state index >= 15 is 0 Å². The number of esters is 1. The largest absolute Gasteiger partial charge is 0.507 e. The van der Waals surface area contributed by atoms with Gasteiger partial charge in [-0.15, -0.1) is 0 Å². The van der Waals surface area contributed by atoms with Gasteiger partial charge in [-0.25, -0.2) is 9.78 Å². The van der Waals surface area contributed by atoms with Crippen molar-refractivity contribution in [2.75, 3.05) is 32.8 Å². The Morgan fingerprint density at radius 3 is 2.37 bits per heavy atom. The molecule has 3 amide bonds.